The summed E-state index contributed by atoms with van der Waals surface area (Å²) in [6.07, 6.45) is 3.48. The summed E-state index contributed by atoms with van der Waals surface area (Å²) >= 11 is 0. The number of hydroxylamine groups is 1. The number of hydrogen-bond donors (Lipinski definition) is 3. The predicted octanol–water partition coefficient (Wildman–Crippen LogP) is 0.718. The van der Waals surface area contributed by atoms with Crippen LogP contribution in [-0.4, -0.2) is 52.0 Å². The third-order valence-electron chi connectivity index (χ3n) is 5.53. The fourth-order valence-electron chi connectivity index (χ4n) is 3.11. The van der Waals surface area contributed by atoms with Crippen molar-refractivity contribution < 1.29 is 23.5 Å². The summed E-state index contributed by atoms with van der Waals surface area (Å²) in [5.74, 6) is 11.2. The lowest BCUT2D eigenvalue weighted by molar-refractivity contribution is -0.131. The second-order valence-corrected chi connectivity index (χ2v) is 10.1. The molecule has 3 rings (SSSR count). The van der Waals surface area contributed by atoms with E-state index < -0.39 is 20.5 Å². The number of nitrogens with zero attached hydrogens (tertiary/aromatic N) is 2. The van der Waals surface area contributed by atoms with Crippen LogP contribution in [0, 0.1) is 35.5 Å². The largest absolute Gasteiger partial charge is 0.396 e. The first kappa shape index (κ1) is 21.8. The van der Waals surface area contributed by atoms with Gasteiger partial charge in [0.15, 0.2) is 14.6 Å². The molecule has 1 aromatic carbocycles. The molecule has 0 saturated heterocycles. The molecule has 0 bridgehead atoms. The van der Waals surface area contributed by atoms with Crippen molar-refractivity contribution in [1.29, 1.82) is 0 Å². The molecule has 3 N–H and O–H groups in total. The first-order valence-electron chi connectivity index (χ1n) is 9.41. The highest BCUT2D eigenvalue weighted by molar-refractivity contribution is 7.92. The molecular formula is C21H23N3O5S. The Hall–Kier alpha value is -2.85. The number of hydrogen-bond acceptors (Lipinski definition) is 6. The lowest BCUT2D eigenvalue weighted by Gasteiger charge is -2.25. The highest BCUT2D eigenvalue weighted by atomic mass is 32.2. The molecular weight excluding hydrogens is 406 g/mol. The van der Waals surface area contributed by atoms with Crippen LogP contribution in [0.1, 0.15) is 25.3 Å². The van der Waals surface area contributed by atoms with Gasteiger partial charge in [-0.25, -0.2) is 13.9 Å². The second-order valence-electron chi connectivity index (χ2n) is 7.64. The molecule has 1 heterocycles. The highest BCUT2D eigenvalue weighted by Crippen LogP contribution is 2.36. The molecule has 0 radical (unpaired) electrons. The zero-order chi connectivity index (χ0) is 21.9. The van der Waals surface area contributed by atoms with Crippen molar-refractivity contribution in [3.05, 3.63) is 30.0 Å². The maximum Gasteiger partial charge on any atom is 0.264 e. The normalized spacial score (nSPS) is 19.7. The van der Waals surface area contributed by atoms with Gasteiger partial charge in [0.05, 0.1) is 11.7 Å². The van der Waals surface area contributed by atoms with E-state index in [1.165, 1.54) is 12.4 Å². The summed E-state index contributed by atoms with van der Waals surface area (Å²) in [5, 5.41) is 23.0. The molecule has 1 fully saturated rings. The van der Waals surface area contributed by atoms with E-state index in [2.05, 4.69) is 28.8 Å². The minimum atomic E-state index is -3.77. The summed E-state index contributed by atoms with van der Waals surface area (Å²) in [6.45, 7) is 1.62. The van der Waals surface area contributed by atoms with Crippen molar-refractivity contribution in [3.63, 3.8) is 0 Å². The van der Waals surface area contributed by atoms with Gasteiger partial charge in [0.1, 0.15) is 0 Å². The first-order chi connectivity index (χ1) is 14.2. The standard InChI is InChI=1S/C21H23N3O5S/c1-21(20(26)23-27,30(2,28)29)9-10-24-19-8-7-15(11-17(19)13-22-24)5-3-4-6-16-12-18(16)14-25/h7-8,11,13,16,18,25,27H,9-10,12,14H2,1-2H3,(H,23,26)/t16-,18+,21-/m1/s1. The maximum atomic E-state index is 12.1. The molecule has 1 saturated carbocycles. The van der Waals surface area contributed by atoms with E-state index in [0.717, 1.165) is 29.1 Å². The molecule has 1 amide bonds. The van der Waals surface area contributed by atoms with E-state index in [9.17, 15) is 13.2 Å². The van der Waals surface area contributed by atoms with Gasteiger partial charge in [-0.15, -0.1) is 0 Å². The Morgan fingerprint density at radius 3 is 2.80 bits per heavy atom. The van der Waals surface area contributed by atoms with Gasteiger partial charge in [-0.05, 0) is 55.7 Å². The molecule has 0 spiro atoms. The Bertz CT molecular complexity index is 1200. The third-order valence-corrected chi connectivity index (χ3v) is 7.55. The van der Waals surface area contributed by atoms with E-state index >= 15 is 0 Å². The van der Waals surface area contributed by atoms with Gasteiger partial charge < -0.3 is 5.11 Å². The van der Waals surface area contributed by atoms with Crippen molar-refractivity contribution >= 4 is 26.6 Å². The van der Waals surface area contributed by atoms with Gasteiger partial charge >= 0.3 is 0 Å². The van der Waals surface area contributed by atoms with E-state index in [-0.39, 0.29) is 31.4 Å². The summed E-state index contributed by atoms with van der Waals surface area (Å²) in [6, 6.07) is 5.50. The molecule has 1 aliphatic rings. The molecule has 0 aliphatic heterocycles. The Morgan fingerprint density at radius 2 is 2.17 bits per heavy atom. The molecule has 3 atom stereocenters. The number of aryl methyl sites for hydroxylation is 1. The Morgan fingerprint density at radius 1 is 1.40 bits per heavy atom. The van der Waals surface area contributed by atoms with Gasteiger partial charge in [0.2, 0.25) is 0 Å². The van der Waals surface area contributed by atoms with Gasteiger partial charge in [0, 0.05) is 36.3 Å². The molecule has 2 aromatic rings. The number of rotatable bonds is 6. The van der Waals surface area contributed by atoms with Gasteiger partial charge in [-0.3, -0.25) is 14.7 Å². The Labute approximate surface area is 175 Å². The van der Waals surface area contributed by atoms with Crippen LogP contribution >= 0.6 is 0 Å². The molecule has 9 heteroatoms. The molecule has 1 aliphatic carbocycles. The maximum absolute atomic E-state index is 12.1. The smallest absolute Gasteiger partial charge is 0.264 e. The van der Waals surface area contributed by atoms with E-state index in [1.54, 1.807) is 10.9 Å². The molecule has 8 nitrogen and oxygen atoms in total. The van der Waals surface area contributed by atoms with Crippen LogP contribution in [0.5, 0.6) is 0 Å². The minimum absolute atomic E-state index is 0.0534. The average molecular weight is 429 g/mol. The summed E-state index contributed by atoms with van der Waals surface area (Å²) < 4.78 is 24.0. The first-order valence-corrected chi connectivity index (χ1v) is 11.3. The third kappa shape index (κ3) is 4.49. The van der Waals surface area contributed by atoms with E-state index in [4.69, 9.17) is 10.3 Å². The van der Waals surface area contributed by atoms with Gasteiger partial charge in [-0.2, -0.15) is 5.10 Å². The topological polar surface area (TPSA) is 122 Å². The van der Waals surface area contributed by atoms with Crippen LogP contribution < -0.4 is 5.48 Å². The molecule has 158 valence electrons. The van der Waals surface area contributed by atoms with Crippen molar-refractivity contribution in [2.75, 3.05) is 12.9 Å². The van der Waals surface area contributed by atoms with Crippen LogP contribution in [0.3, 0.4) is 0 Å². The van der Waals surface area contributed by atoms with Gasteiger partial charge in [-0.1, -0.05) is 11.8 Å². The van der Waals surface area contributed by atoms with Crippen LogP contribution in [0.15, 0.2) is 24.4 Å². The highest BCUT2D eigenvalue weighted by Gasteiger charge is 2.43. The Balaban J connectivity index is 1.74. The number of amides is 1. The lowest BCUT2D eigenvalue weighted by atomic mass is 10.1. The van der Waals surface area contributed by atoms with Gasteiger partial charge in [0.25, 0.3) is 5.91 Å². The summed E-state index contributed by atoms with van der Waals surface area (Å²) in [7, 11) is -3.77. The number of sulfone groups is 1. The number of aromatic nitrogens is 2. The van der Waals surface area contributed by atoms with E-state index in [0.29, 0.717) is 0 Å². The number of nitrogens with one attached hydrogen (secondary N) is 1. The quantitative estimate of drug-likeness (QED) is 0.353. The number of carbonyl (C=O) groups is 1. The molecule has 1 aromatic heterocycles. The summed E-state index contributed by atoms with van der Waals surface area (Å²) in [5.41, 5.74) is 2.98. The molecule has 30 heavy (non-hydrogen) atoms. The number of aliphatic hydroxyl groups is 1. The predicted molar refractivity (Wildman–Crippen MR) is 111 cm³/mol. The summed E-state index contributed by atoms with van der Waals surface area (Å²) in [4.78, 5) is 11.9. The van der Waals surface area contributed by atoms with E-state index in [1.807, 2.05) is 18.2 Å². The van der Waals surface area contributed by atoms with Crippen LogP contribution in [0.2, 0.25) is 0 Å². The number of fused-ring (bicyclic) bond motifs is 1. The average Bonchev–Trinajstić information content (AvgIpc) is 3.37. The van der Waals surface area contributed by atoms with Crippen molar-refractivity contribution in [1.82, 2.24) is 15.3 Å². The monoisotopic (exact) mass is 429 g/mol. The fraction of sp³-hybridized carbons (Fsp3) is 0.429. The fourth-order valence-corrected chi connectivity index (χ4v) is 3.95. The zero-order valence-electron chi connectivity index (χ0n) is 16.7. The SMILES string of the molecule is C[C@@](CCn1ncc2cc(C#CC#C[C@@H]3C[C@H]3CO)ccc21)(C(=O)NO)S(C)(=O)=O. The number of carbonyl (C=O) groups excluding carboxylic acids is 1. The van der Waals surface area contributed by atoms with Crippen LogP contribution in [0.4, 0.5) is 0 Å². The number of benzene rings is 1. The zero-order valence-corrected chi connectivity index (χ0v) is 17.5. The number of aliphatic hydroxyl groups excluding tert-OH is 1. The van der Waals surface area contributed by atoms with Crippen molar-refractivity contribution in [3.8, 4) is 23.7 Å². The van der Waals surface area contributed by atoms with Crippen LogP contribution in [-0.2, 0) is 21.2 Å². The van der Waals surface area contributed by atoms with Crippen molar-refractivity contribution in [2.45, 2.75) is 31.1 Å². The molecule has 0 unspecified atom stereocenters. The van der Waals surface area contributed by atoms with Crippen molar-refractivity contribution in [2.24, 2.45) is 11.8 Å². The Kier molecular flexibility index (Phi) is 6.18. The lowest BCUT2D eigenvalue weighted by Crippen LogP contribution is -2.49. The van der Waals surface area contributed by atoms with Crippen LogP contribution in [0.25, 0.3) is 10.9 Å². The minimum Gasteiger partial charge on any atom is -0.396 e. The second kappa shape index (κ2) is 8.49.